The number of hydrogen-bond donors (Lipinski definition) is 1. The van der Waals surface area contributed by atoms with Crippen molar-refractivity contribution < 1.29 is 13.1 Å². The average molecular weight is 310 g/mol. The van der Waals surface area contributed by atoms with Crippen LogP contribution in [0, 0.1) is 5.21 Å². The van der Waals surface area contributed by atoms with Gasteiger partial charge in [0.15, 0.2) is 6.20 Å². The van der Waals surface area contributed by atoms with Crippen LogP contribution in [0.3, 0.4) is 0 Å². The van der Waals surface area contributed by atoms with Crippen molar-refractivity contribution in [3.05, 3.63) is 59.9 Å². The molecule has 0 saturated heterocycles. The van der Waals surface area contributed by atoms with E-state index in [1.54, 1.807) is 36.4 Å². The lowest BCUT2D eigenvalue weighted by Gasteiger charge is -2.06. The zero-order valence-corrected chi connectivity index (χ0v) is 12.2. The first kappa shape index (κ1) is 14.8. The zero-order chi connectivity index (χ0) is 14.4. The van der Waals surface area contributed by atoms with E-state index in [4.69, 9.17) is 0 Å². The Morgan fingerprint density at radius 2 is 1.80 bits per heavy atom. The minimum atomic E-state index is -3.47. The predicted octanol–water partition coefficient (Wildman–Crippen LogP) is 1.39. The van der Waals surface area contributed by atoms with Gasteiger partial charge in [0.25, 0.3) is 5.03 Å². The first-order valence-corrected chi connectivity index (χ1v) is 8.42. The van der Waals surface area contributed by atoms with E-state index in [2.05, 4.69) is 4.72 Å². The van der Waals surface area contributed by atoms with Crippen molar-refractivity contribution in [3.63, 3.8) is 0 Å². The van der Waals surface area contributed by atoms with Crippen LogP contribution in [0.2, 0.25) is 0 Å². The molecule has 0 aliphatic rings. The van der Waals surface area contributed by atoms with Gasteiger partial charge < -0.3 is 5.21 Å². The van der Waals surface area contributed by atoms with Gasteiger partial charge in [-0.1, -0.05) is 30.0 Å². The van der Waals surface area contributed by atoms with Crippen molar-refractivity contribution >= 4 is 21.8 Å². The zero-order valence-electron chi connectivity index (χ0n) is 10.6. The molecule has 20 heavy (non-hydrogen) atoms. The lowest BCUT2D eigenvalue weighted by Crippen LogP contribution is -2.29. The SMILES string of the molecule is O=S(=O)(NCCSc1cccc[n+]1[O-])c1ccccc1. The molecule has 5 nitrogen and oxygen atoms in total. The third-order valence-corrected chi connectivity index (χ3v) is 4.98. The largest absolute Gasteiger partial charge is 0.618 e. The normalized spacial score (nSPS) is 11.4. The van der Waals surface area contributed by atoms with E-state index in [1.165, 1.54) is 30.1 Å². The highest BCUT2D eigenvalue weighted by Crippen LogP contribution is 2.12. The van der Waals surface area contributed by atoms with Crippen molar-refractivity contribution in [1.29, 1.82) is 0 Å². The first-order valence-electron chi connectivity index (χ1n) is 5.95. The number of nitrogens with zero attached hydrogens (tertiary/aromatic N) is 1. The Hall–Kier alpha value is -1.57. The smallest absolute Gasteiger partial charge is 0.251 e. The highest BCUT2D eigenvalue weighted by molar-refractivity contribution is 7.99. The van der Waals surface area contributed by atoms with Crippen LogP contribution in [0.15, 0.2) is 64.6 Å². The molecule has 7 heteroatoms. The molecule has 0 unspecified atom stereocenters. The maximum atomic E-state index is 11.9. The fourth-order valence-electron chi connectivity index (χ4n) is 1.54. The summed E-state index contributed by atoms with van der Waals surface area (Å²) < 4.78 is 27.1. The molecule has 0 aliphatic heterocycles. The maximum Gasteiger partial charge on any atom is 0.251 e. The van der Waals surface area contributed by atoms with Gasteiger partial charge in [0.05, 0.1) is 4.90 Å². The van der Waals surface area contributed by atoms with E-state index < -0.39 is 10.0 Å². The molecule has 0 spiro atoms. The molecular formula is C13H14N2O3S2. The van der Waals surface area contributed by atoms with Crippen molar-refractivity contribution in [1.82, 2.24) is 4.72 Å². The van der Waals surface area contributed by atoms with Crippen molar-refractivity contribution in [2.75, 3.05) is 12.3 Å². The monoisotopic (exact) mass is 310 g/mol. The summed E-state index contributed by atoms with van der Waals surface area (Å²) in [4.78, 5) is 0.239. The van der Waals surface area contributed by atoms with E-state index >= 15 is 0 Å². The van der Waals surface area contributed by atoms with Crippen LogP contribution >= 0.6 is 11.8 Å². The quantitative estimate of drug-likeness (QED) is 0.379. The molecule has 2 rings (SSSR count). The van der Waals surface area contributed by atoms with Gasteiger partial charge >= 0.3 is 0 Å². The Morgan fingerprint density at radius 1 is 1.10 bits per heavy atom. The number of pyridine rings is 1. The summed E-state index contributed by atoms with van der Waals surface area (Å²) in [5.41, 5.74) is 0. The number of nitrogens with one attached hydrogen (secondary N) is 1. The molecule has 1 N–H and O–H groups in total. The Morgan fingerprint density at radius 3 is 2.50 bits per heavy atom. The molecule has 2 aromatic rings. The van der Waals surface area contributed by atoms with E-state index in [0.29, 0.717) is 10.8 Å². The third kappa shape index (κ3) is 3.96. The summed E-state index contributed by atoms with van der Waals surface area (Å²) in [6.45, 7) is 0.261. The van der Waals surface area contributed by atoms with Gasteiger partial charge in [-0.25, -0.2) is 13.1 Å². The van der Waals surface area contributed by atoms with E-state index in [9.17, 15) is 13.6 Å². The van der Waals surface area contributed by atoms with Crippen LogP contribution in [-0.4, -0.2) is 20.7 Å². The van der Waals surface area contributed by atoms with Crippen molar-refractivity contribution in [3.8, 4) is 0 Å². The number of sulfonamides is 1. The second kappa shape index (κ2) is 6.74. The molecule has 0 amide bonds. The molecule has 1 aromatic heterocycles. The molecule has 0 atom stereocenters. The molecule has 1 aromatic carbocycles. The molecule has 1 heterocycles. The minimum Gasteiger partial charge on any atom is -0.618 e. The summed E-state index contributed by atoms with van der Waals surface area (Å²) in [7, 11) is -3.47. The van der Waals surface area contributed by atoms with Gasteiger partial charge in [0.1, 0.15) is 0 Å². The molecule has 0 fully saturated rings. The van der Waals surface area contributed by atoms with Crippen LogP contribution in [0.5, 0.6) is 0 Å². The fraction of sp³-hybridized carbons (Fsp3) is 0.154. The van der Waals surface area contributed by atoms with Gasteiger partial charge in [-0.15, -0.1) is 0 Å². The topological polar surface area (TPSA) is 73.1 Å². The number of hydrogen-bond acceptors (Lipinski definition) is 4. The van der Waals surface area contributed by atoms with Crippen LogP contribution in [-0.2, 0) is 10.0 Å². The third-order valence-electron chi connectivity index (χ3n) is 2.49. The van der Waals surface area contributed by atoms with Crippen LogP contribution in [0.4, 0.5) is 0 Å². The van der Waals surface area contributed by atoms with E-state index in [-0.39, 0.29) is 11.4 Å². The summed E-state index contributed by atoms with van der Waals surface area (Å²) in [5, 5.41) is 11.9. The van der Waals surface area contributed by atoms with Gasteiger partial charge in [0, 0.05) is 24.4 Å². The first-order chi connectivity index (χ1) is 9.59. The molecule has 0 radical (unpaired) electrons. The number of thioether (sulfide) groups is 1. The maximum absolute atomic E-state index is 11.9. The van der Waals surface area contributed by atoms with Crippen LogP contribution in [0.25, 0.3) is 0 Å². The predicted molar refractivity (Wildman–Crippen MR) is 77.8 cm³/mol. The van der Waals surface area contributed by atoms with Crippen molar-refractivity contribution in [2.45, 2.75) is 9.92 Å². The summed E-state index contributed by atoms with van der Waals surface area (Å²) in [5.74, 6) is 0.484. The number of rotatable bonds is 6. The average Bonchev–Trinajstić information content (AvgIpc) is 2.46. The van der Waals surface area contributed by atoms with Gasteiger partial charge in [-0.05, 0) is 18.2 Å². The Labute approximate surface area is 122 Å². The second-order valence-corrected chi connectivity index (χ2v) is 6.81. The highest BCUT2D eigenvalue weighted by atomic mass is 32.2. The highest BCUT2D eigenvalue weighted by Gasteiger charge is 2.12. The second-order valence-electron chi connectivity index (χ2n) is 3.92. The summed E-state index contributed by atoms with van der Waals surface area (Å²) in [6, 6.07) is 13.3. The Bertz CT molecular complexity index is 660. The summed E-state index contributed by atoms with van der Waals surface area (Å²) in [6.07, 6.45) is 1.41. The molecular weight excluding hydrogens is 296 g/mol. The van der Waals surface area contributed by atoms with Crippen LogP contribution < -0.4 is 9.45 Å². The van der Waals surface area contributed by atoms with Gasteiger partial charge in [-0.3, -0.25) is 0 Å². The minimum absolute atomic E-state index is 0.239. The Balaban J connectivity index is 1.86. The molecule has 0 aliphatic carbocycles. The Kier molecular flexibility index (Phi) is 4.99. The summed E-state index contributed by atoms with van der Waals surface area (Å²) >= 11 is 1.31. The van der Waals surface area contributed by atoms with Gasteiger partial charge in [0.2, 0.25) is 10.0 Å². The lowest BCUT2D eigenvalue weighted by atomic mass is 10.4. The fourth-order valence-corrected chi connectivity index (χ4v) is 3.50. The lowest BCUT2D eigenvalue weighted by molar-refractivity contribution is -0.645. The van der Waals surface area contributed by atoms with Gasteiger partial charge in [-0.2, -0.15) is 4.73 Å². The standard InChI is InChI=1S/C13H14N2O3S2/c16-15-10-5-4-8-13(15)19-11-9-14-20(17,18)12-6-2-1-3-7-12/h1-8,10,14H,9,11H2. The van der Waals surface area contributed by atoms with E-state index in [0.717, 1.165) is 4.73 Å². The molecule has 106 valence electrons. The molecule has 0 bridgehead atoms. The van der Waals surface area contributed by atoms with Crippen molar-refractivity contribution in [2.24, 2.45) is 0 Å². The van der Waals surface area contributed by atoms with E-state index in [1.807, 2.05) is 0 Å². The number of benzene rings is 1. The molecule has 0 saturated carbocycles. The number of aromatic nitrogens is 1. The van der Waals surface area contributed by atoms with Crippen LogP contribution in [0.1, 0.15) is 0 Å².